The SMILES string of the molecule is COCCOC(=O)c1c(C)[nH]c(C(=O)Nc2ccc3ccccc3c2)c1C. The number of esters is 1. The minimum Gasteiger partial charge on any atom is -0.460 e. The third-order valence-electron chi connectivity index (χ3n) is 4.40. The average Bonchev–Trinajstić information content (AvgIpc) is 2.96. The van der Waals surface area contributed by atoms with E-state index in [1.165, 1.54) is 7.11 Å². The smallest absolute Gasteiger partial charge is 0.340 e. The van der Waals surface area contributed by atoms with Gasteiger partial charge in [-0.25, -0.2) is 4.79 Å². The van der Waals surface area contributed by atoms with Crippen LogP contribution in [0.5, 0.6) is 0 Å². The van der Waals surface area contributed by atoms with Crippen LogP contribution in [0, 0.1) is 13.8 Å². The van der Waals surface area contributed by atoms with Crippen molar-refractivity contribution < 1.29 is 19.1 Å². The van der Waals surface area contributed by atoms with E-state index in [0.29, 0.717) is 34.8 Å². The van der Waals surface area contributed by atoms with E-state index in [1.807, 2.05) is 42.5 Å². The molecule has 6 heteroatoms. The topological polar surface area (TPSA) is 80.4 Å². The van der Waals surface area contributed by atoms with Crippen LogP contribution in [-0.4, -0.2) is 37.2 Å². The number of carbonyl (C=O) groups excluding carboxylic acids is 2. The van der Waals surface area contributed by atoms with E-state index >= 15 is 0 Å². The Kier molecular flexibility index (Phi) is 5.57. The number of rotatable bonds is 6. The molecule has 140 valence electrons. The summed E-state index contributed by atoms with van der Waals surface area (Å²) in [6, 6.07) is 13.6. The molecule has 0 spiro atoms. The van der Waals surface area contributed by atoms with Crippen LogP contribution in [0.4, 0.5) is 5.69 Å². The minimum absolute atomic E-state index is 0.165. The van der Waals surface area contributed by atoms with E-state index in [4.69, 9.17) is 9.47 Å². The molecular weight excluding hydrogens is 344 g/mol. The molecule has 1 heterocycles. The van der Waals surface area contributed by atoms with Crippen molar-refractivity contribution in [3.63, 3.8) is 0 Å². The lowest BCUT2D eigenvalue weighted by molar-refractivity contribution is 0.0387. The number of benzene rings is 2. The van der Waals surface area contributed by atoms with Crippen LogP contribution < -0.4 is 5.32 Å². The molecule has 0 atom stereocenters. The predicted molar refractivity (Wildman–Crippen MR) is 104 cm³/mol. The molecule has 0 aliphatic carbocycles. The van der Waals surface area contributed by atoms with Gasteiger partial charge < -0.3 is 19.8 Å². The zero-order valence-electron chi connectivity index (χ0n) is 15.6. The van der Waals surface area contributed by atoms with E-state index in [-0.39, 0.29) is 12.5 Å². The summed E-state index contributed by atoms with van der Waals surface area (Å²) in [7, 11) is 1.54. The molecule has 0 fully saturated rings. The highest BCUT2D eigenvalue weighted by atomic mass is 16.6. The fourth-order valence-corrected chi connectivity index (χ4v) is 3.03. The number of carbonyl (C=O) groups is 2. The van der Waals surface area contributed by atoms with Crippen molar-refractivity contribution in [1.82, 2.24) is 4.98 Å². The molecule has 2 aromatic carbocycles. The van der Waals surface area contributed by atoms with Gasteiger partial charge in [0.15, 0.2) is 0 Å². The summed E-state index contributed by atoms with van der Waals surface area (Å²) in [6.07, 6.45) is 0. The molecule has 0 unspecified atom stereocenters. The maximum Gasteiger partial charge on any atom is 0.340 e. The number of nitrogens with one attached hydrogen (secondary N) is 2. The highest BCUT2D eigenvalue weighted by Gasteiger charge is 2.23. The third kappa shape index (κ3) is 4.01. The summed E-state index contributed by atoms with van der Waals surface area (Å²) in [5.41, 5.74) is 2.58. The molecule has 0 saturated heterocycles. The van der Waals surface area contributed by atoms with Crippen LogP contribution in [0.25, 0.3) is 10.8 Å². The molecule has 3 aromatic rings. The molecule has 2 N–H and O–H groups in total. The van der Waals surface area contributed by atoms with Crippen molar-refractivity contribution in [2.75, 3.05) is 25.6 Å². The summed E-state index contributed by atoms with van der Waals surface area (Å²) in [5, 5.41) is 5.02. The van der Waals surface area contributed by atoms with E-state index in [1.54, 1.807) is 13.8 Å². The number of hydrogen-bond donors (Lipinski definition) is 2. The van der Waals surface area contributed by atoms with Crippen LogP contribution in [0.15, 0.2) is 42.5 Å². The van der Waals surface area contributed by atoms with Crippen molar-refractivity contribution >= 4 is 28.3 Å². The van der Waals surface area contributed by atoms with Crippen LogP contribution in [0.2, 0.25) is 0 Å². The fraction of sp³-hybridized carbons (Fsp3) is 0.238. The maximum atomic E-state index is 12.7. The second-order valence-electron chi connectivity index (χ2n) is 6.27. The molecule has 6 nitrogen and oxygen atoms in total. The first-order valence-electron chi connectivity index (χ1n) is 8.66. The van der Waals surface area contributed by atoms with Crippen LogP contribution in [-0.2, 0) is 9.47 Å². The number of anilines is 1. The lowest BCUT2D eigenvalue weighted by atomic mass is 10.1. The lowest BCUT2D eigenvalue weighted by Crippen LogP contribution is -2.14. The number of H-pyrrole nitrogens is 1. The molecule has 0 saturated carbocycles. The maximum absolute atomic E-state index is 12.7. The molecule has 0 aliphatic heterocycles. The number of aromatic nitrogens is 1. The van der Waals surface area contributed by atoms with Crippen molar-refractivity contribution in [2.45, 2.75) is 13.8 Å². The van der Waals surface area contributed by atoms with Crippen molar-refractivity contribution in [3.8, 4) is 0 Å². The first kappa shape index (κ1) is 18.7. The summed E-state index contributed by atoms with van der Waals surface area (Å²) >= 11 is 0. The Bertz CT molecular complexity index is 991. The lowest BCUT2D eigenvalue weighted by Gasteiger charge is -2.07. The predicted octanol–water partition coefficient (Wildman–Crippen LogP) is 3.84. The largest absolute Gasteiger partial charge is 0.460 e. The summed E-state index contributed by atoms with van der Waals surface area (Å²) < 4.78 is 10.1. The van der Waals surface area contributed by atoms with Gasteiger partial charge in [0, 0.05) is 18.5 Å². The first-order chi connectivity index (χ1) is 13.0. The van der Waals surface area contributed by atoms with Gasteiger partial charge in [-0.2, -0.15) is 0 Å². The summed E-state index contributed by atoms with van der Waals surface area (Å²) in [6.45, 7) is 3.96. The molecule has 27 heavy (non-hydrogen) atoms. The Morgan fingerprint density at radius 1 is 1.04 bits per heavy atom. The summed E-state index contributed by atoms with van der Waals surface area (Å²) in [4.78, 5) is 28.0. The molecular formula is C21H22N2O4. The van der Waals surface area contributed by atoms with Gasteiger partial charge in [-0.3, -0.25) is 4.79 Å². The highest BCUT2D eigenvalue weighted by Crippen LogP contribution is 2.22. The Labute approximate surface area is 157 Å². The van der Waals surface area contributed by atoms with Gasteiger partial charge in [0.1, 0.15) is 12.3 Å². The van der Waals surface area contributed by atoms with E-state index < -0.39 is 5.97 Å². The first-order valence-corrected chi connectivity index (χ1v) is 8.66. The van der Waals surface area contributed by atoms with E-state index in [2.05, 4.69) is 10.3 Å². The number of amides is 1. The van der Waals surface area contributed by atoms with Crippen LogP contribution in [0.1, 0.15) is 32.1 Å². The van der Waals surface area contributed by atoms with Gasteiger partial charge in [-0.1, -0.05) is 30.3 Å². The molecule has 1 amide bonds. The number of aromatic amines is 1. The van der Waals surface area contributed by atoms with E-state index in [9.17, 15) is 9.59 Å². The number of hydrogen-bond acceptors (Lipinski definition) is 4. The van der Waals surface area contributed by atoms with Crippen molar-refractivity contribution in [1.29, 1.82) is 0 Å². The van der Waals surface area contributed by atoms with Gasteiger partial charge in [0.05, 0.1) is 12.2 Å². The Morgan fingerprint density at radius 3 is 2.52 bits per heavy atom. The standard InChI is InChI=1S/C21H22N2O4/c1-13-18(21(25)27-11-10-26-3)14(2)22-19(13)20(24)23-17-9-8-15-6-4-5-7-16(15)12-17/h4-9,12,22H,10-11H2,1-3H3,(H,23,24). The fourth-order valence-electron chi connectivity index (χ4n) is 3.03. The quantitative estimate of drug-likeness (QED) is 0.513. The van der Waals surface area contributed by atoms with E-state index in [0.717, 1.165) is 10.8 Å². The van der Waals surface area contributed by atoms with Crippen LogP contribution in [0.3, 0.4) is 0 Å². The monoisotopic (exact) mass is 366 g/mol. The molecule has 3 rings (SSSR count). The number of fused-ring (bicyclic) bond motifs is 1. The molecule has 0 bridgehead atoms. The third-order valence-corrected chi connectivity index (χ3v) is 4.40. The normalized spacial score (nSPS) is 10.8. The average molecular weight is 366 g/mol. The van der Waals surface area contributed by atoms with Crippen molar-refractivity contribution in [2.24, 2.45) is 0 Å². The van der Waals surface area contributed by atoms with Gasteiger partial charge in [0.2, 0.25) is 0 Å². The van der Waals surface area contributed by atoms with Gasteiger partial charge in [0.25, 0.3) is 5.91 Å². The molecule has 0 aliphatic rings. The second-order valence-corrected chi connectivity index (χ2v) is 6.27. The van der Waals surface area contributed by atoms with Gasteiger partial charge in [-0.05, 0) is 42.3 Å². The van der Waals surface area contributed by atoms with Gasteiger partial charge >= 0.3 is 5.97 Å². The number of ether oxygens (including phenoxy) is 2. The molecule has 0 radical (unpaired) electrons. The Hall–Kier alpha value is -3.12. The number of aryl methyl sites for hydroxylation is 1. The van der Waals surface area contributed by atoms with Crippen LogP contribution >= 0.6 is 0 Å². The molecule has 1 aromatic heterocycles. The highest BCUT2D eigenvalue weighted by molar-refractivity contribution is 6.07. The minimum atomic E-state index is -0.469. The second kappa shape index (κ2) is 8.05. The summed E-state index contributed by atoms with van der Waals surface area (Å²) in [5.74, 6) is -0.773. The zero-order valence-corrected chi connectivity index (χ0v) is 15.6. The number of methoxy groups -OCH3 is 1. The Balaban J connectivity index is 1.80. The van der Waals surface area contributed by atoms with Gasteiger partial charge in [-0.15, -0.1) is 0 Å². The Morgan fingerprint density at radius 2 is 1.78 bits per heavy atom. The van der Waals surface area contributed by atoms with Crippen molar-refractivity contribution in [3.05, 3.63) is 65.0 Å². The zero-order chi connectivity index (χ0) is 19.4.